The molecule has 10 heteroatoms. The summed E-state index contributed by atoms with van der Waals surface area (Å²) in [5, 5.41) is 11.5. The minimum atomic E-state index is -0.880. The summed E-state index contributed by atoms with van der Waals surface area (Å²) >= 11 is 0. The predicted octanol–water partition coefficient (Wildman–Crippen LogP) is 3.53. The van der Waals surface area contributed by atoms with Crippen molar-refractivity contribution in [3.05, 3.63) is 83.4 Å². The van der Waals surface area contributed by atoms with E-state index in [4.69, 9.17) is 14.2 Å². The third kappa shape index (κ3) is 5.48. The molecule has 0 unspecified atom stereocenters. The van der Waals surface area contributed by atoms with E-state index in [1.165, 1.54) is 0 Å². The van der Waals surface area contributed by atoms with Crippen LogP contribution in [0.3, 0.4) is 0 Å². The summed E-state index contributed by atoms with van der Waals surface area (Å²) in [5.74, 6) is 0.727. The quantitative estimate of drug-likeness (QED) is 0.345. The monoisotopic (exact) mass is 541 g/mol. The molecule has 0 saturated carbocycles. The molecule has 0 aliphatic carbocycles. The highest BCUT2D eigenvalue weighted by molar-refractivity contribution is 5.89. The van der Waals surface area contributed by atoms with Gasteiger partial charge in [0.25, 0.3) is 0 Å². The van der Waals surface area contributed by atoms with Crippen molar-refractivity contribution in [2.24, 2.45) is 0 Å². The van der Waals surface area contributed by atoms with Gasteiger partial charge in [-0.05, 0) is 55.2 Å². The maximum atomic E-state index is 14.1. The fourth-order valence-electron chi connectivity index (χ4n) is 5.15. The Labute approximate surface area is 231 Å². The summed E-state index contributed by atoms with van der Waals surface area (Å²) in [7, 11) is 0. The zero-order chi connectivity index (χ0) is 27.5. The van der Waals surface area contributed by atoms with Crippen molar-refractivity contribution in [1.82, 2.24) is 25.2 Å². The zero-order valence-corrected chi connectivity index (χ0v) is 22.3. The number of nitrogens with zero attached hydrogens (tertiary/aromatic N) is 4. The molecule has 206 valence electrons. The highest BCUT2D eigenvalue weighted by Crippen LogP contribution is 2.34. The number of aryl methyl sites for hydroxylation is 1. The van der Waals surface area contributed by atoms with Crippen LogP contribution in [0.1, 0.15) is 35.6 Å². The van der Waals surface area contributed by atoms with Gasteiger partial charge in [0, 0.05) is 19.7 Å². The molecule has 2 aliphatic heterocycles. The van der Waals surface area contributed by atoms with E-state index < -0.39 is 6.04 Å². The number of ether oxygens (including phenoxy) is 3. The number of carbonyl (C=O) groups is 2. The molecule has 40 heavy (non-hydrogen) atoms. The Bertz CT molecular complexity index is 1510. The van der Waals surface area contributed by atoms with Crippen molar-refractivity contribution in [1.29, 1.82) is 0 Å². The topological polar surface area (TPSA) is 108 Å². The largest absolute Gasteiger partial charge is 0.454 e. The van der Waals surface area contributed by atoms with Gasteiger partial charge in [0.1, 0.15) is 18.1 Å². The summed E-state index contributed by atoms with van der Waals surface area (Å²) in [6.45, 7) is 3.32. The molecule has 2 amide bonds. The first kappa shape index (κ1) is 25.8. The first-order chi connectivity index (χ1) is 19.5. The second-order valence-corrected chi connectivity index (χ2v) is 10.1. The van der Waals surface area contributed by atoms with Gasteiger partial charge in [0.05, 0.1) is 11.6 Å². The molecule has 1 fully saturated rings. The van der Waals surface area contributed by atoms with Crippen molar-refractivity contribution >= 4 is 22.8 Å². The third-order valence-corrected chi connectivity index (χ3v) is 7.30. The van der Waals surface area contributed by atoms with E-state index in [1.807, 2.05) is 73.7 Å². The van der Waals surface area contributed by atoms with Crippen LogP contribution in [0.2, 0.25) is 0 Å². The van der Waals surface area contributed by atoms with Crippen molar-refractivity contribution in [3.63, 3.8) is 0 Å². The molecule has 6 rings (SSSR count). The molecular formula is C30H31N5O5. The van der Waals surface area contributed by atoms with Gasteiger partial charge in [-0.3, -0.25) is 9.59 Å². The Morgan fingerprint density at radius 1 is 1.07 bits per heavy atom. The average molecular weight is 542 g/mol. The maximum Gasteiger partial charge on any atom is 0.247 e. The van der Waals surface area contributed by atoms with E-state index in [9.17, 15) is 9.59 Å². The molecule has 10 nitrogen and oxygen atoms in total. The molecule has 0 bridgehead atoms. The average Bonchev–Trinajstić information content (AvgIpc) is 3.74. The van der Waals surface area contributed by atoms with Gasteiger partial charge in [0.15, 0.2) is 11.5 Å². The predicted molar refractivity (Wildman–Crippen MR) is 147 cm³/mol. The number of para-hydroxylation sites is 1. The normalized spacial score (nSPS) is 16.7. The highest BCUT2D eigenvalue weighted by atomic mass is 16.7. The van der Waals surface area contributed by atoms with Crippen molar-refractivity contribution in [2.75, 3.05) is 19.9 Å². The molecule has 1 aromatic heterocycles. The van der Waals surface area contributed by atoms with Crippen LogP contribution in [-0.4, -0.2) is 57.8 Å². The molecule has 2 atom stereocenters. The van der Waals surface area contributed by atoms with E-state index in [-0.39, 0.29) is 37.8 Å². The number of benzene rings is 3. The lowest BCUT2D eigenvalue weighted by atomic mass is 10.0. The molecule has 0 radical (unpaired) electrons. The van der Waals surface area contributed by atoms with Gasteiger partial charge in [-0.25, -0.2) is 4.68 Å². The maximum absolute atomic E-state index is 14.1. The molecule has 3 aromatic carbocycles. The van der Waals surface area contributed by atoms with Crippen LogP contribution in [0.5, 0.6) is 11.5 Å². The van der Waals surface area contributed by atoms with Crippen LogP contribution in [-0.2, 0) is 27.4 Å². The Kier molecular flexibility index (Phi) is 7.33. The van der Waals surface area contributed by atoms with Gasteiger partial charge in [-0.2, -0.15) is 0 Å². The van der Waals surface area contributed by atoms with Crippen LogP contribution < -0.4 is 14.8 Å². The van der Waals surface area contributed by atoms with Gasteiger partial charge >= 0.3 is 0 Å². The van der Waals surface area contributed by atoms with Crippen molar-refractivity contribution in [2.45, 2.75) is 45.0 Å². The lowest BCUT2D eigenvalue weighted by Gasteiger charge is -2.32. The van der Waals surface area contributed by atoms with E-state index in [0.29, 0.717) is 35.7 Å². The number of carbonyl (C=O) groups excluding carboxylic acids is 2. The van der Waals surface area contributed by atoms with Gasteiger partial charge in [-0.1, -0.05) is 53.2 Å². The smallest absolute Gasteiger partial charge is 0.247 e. The first-order valence-corrected chi connectivity index (χ1v) is 13.5. The number of fused-ring (bicyclic) bond motifs is 2. The van der Waals surface area contributed by atoms with E-state index in [2.05, 4.69) is 15.6 Å². The lowest BCUT2D eigenvalue weighted by Crippen LogP contribution is -2.46. The number of aromatic nitrogens is 3. The molecule has 0 spiro atoms. The van der Waals surface area contributed by atoms with Gasteiger partial charge in [-0.15, -0.1) is 5.10 Å². The summed E-state index contributed by atoms with van der Waals surface area (Å²) in [6.07, 6.45) is 1.85. The summed E-state index contributed by atoms with van der Waals surface area (Å²) in [5.41, 5.74) is 4.03. The highest BCUT2D eigenvalue weighted by Gasteiger charge is 2.33. The Hall–Kier alpha value is -4.44. The van der Waals surface area contributed by atoms with Gasteiger partial charge in [0.2, 0.25) is 18.6 Å². The van der Waals surface area contributed by atoms with E-state index in [1.54, 1.807) is 9.58 Å². The number of amides is 2. The summed E-state index contributed by atoms with van der Waals surface area (Å²) in [6, 6.07) is 19.8. The van der Waals surface area contributed by atoms with Crippen molar-refractivity contribution < 1.29 is 23.8 Å². The Balaban J connectivity index is 1.35. The lowest BCUT2D eigenvalue weighted by molar-refractivity contribution is -0.142. The van der Waals surface area contributed by atoms with Crippen LogP contribution >= 0.6 is 0 Å². The van der Waals surface area contributed by atoms with Crippen LogP contribution in [0.25, 0.3) is 11.0 Å². The minimum Gasteiger partial charge on any atom is -0.454 e. The molecule has 1 N–H and O–H groups in total. The Morgan fingerprint density at radius 3 is 2.73 bits per heavy atom. The summed E-state index contributed by atoms with van der Waals surface area (Å²) in [4.78, 5) is 29.6. The van der Waals surface area contributed by atoms with E-state index in [0.717, 1.165) is 29.5 Å². The van der Waals surface area contributed by atoms with Crippen molar-refractivity contribution in [3.8, 4) is 11.5 Å². The van der Waals surface area contributed by atoms with E-state index >= 15 is 0 Å². The second kappa shape index (κ2) is 11.4. The first-order valence-electron chi connectivity index (χ1n) is 13.5. The number of rotatable bonds is 9. The number of hydrogen-bond donors (Lipinski definition) is 1. The number of hydrogen-bond acceptors (Lipinski definition) is 7. The fraction of sp³-hybridized carbons (Fsp3) is 0.333. The standard InChI is InChI=1S/C30H31N5O5/c1-20-8-11-22(12-9-20)29(30(37)31-16-23-5-4-14-38-23)34(17-21-10-13-26-27(15-21)40-19-39-26)28(36)18-35-25-7-3-2-6-24(25)32-33-35/h2-3,6-13,15,23,29H,4-5,14,16-19H2,1H3,(H,31,37)/t23-,29+/m1/s1. The number of nitrogens with one attached hydrogen (secondary N) is 1. The molecular weight excluding hydrogens is 510 g/mol. The SMILES string of the molecule is Cc1ccc([C@@H](C(=O)NC[C@H]2CCCO2)N(Cc2ccc3c(c2)OCO3)C(=O)Cn2nnc3ccccc32)cc1. The minimum absolute atomic E-state index is 0.0258. The second-order valence-electron chi connectivity index (χ2n) is 10.1. The molecule has 4 aromatic rings. The molecule has 2 aliphatic rings. The summed E-state index contributed by atoms with van der Waals surface area (Å²) < 4.78 is 18.3. The van der Waals surface area contributed by atoms with Crippen LogP contribution in [0, 0.1) is 6.92 Å². The van der Waals surface area contributed by atoms with Crippen LogP contribution in [0.4, 0.5) is 0 Å². The molecule has 3 heterocycles. The fourth-order valence-corrected chi connectivity index (χ4v) is 5.15. The third-order valence-electron chi connectivity index (χ3n) is 7.30. The van der Waals surface area contributed by atoms with Crippen LogP contribution in [0.15, 0.2) is 66.7 Å². The Morgan fingerprint density at radius 2 is 1.90 bits per heavy atom. The molecule has 1 saturated heterocycles. The van der Waals surface area contributed by atoms with Gasteiger partial charge < -0.3 is 24.4 Å². The zero-order valence-electron chi connectivity index (χ0n) is 22.3.